The largest absolute Gasteiger partial charge is 0.497 e. The molecule has 7 heteroatoms. The minimum absolute atomic E-state index is 0.147. The van der Waals surface area contributed by atoms with Crippen LogP contribution in [0, 0.1) is 0 Å². The summed E-state index contributed by atoms with van der Waals surface area (Å²) in [5.74, 6) is 1.19. The molecular formula is C16H16ClN5O. The number of nitrogens with zero attached hydrogens (tertiary/aromatic N) is 3. The number of anilines is 1. The standard InChI is InChI=1S/C16H16ClN5O/c1-23-13-8-2-10(3-9-13)14-20-15(18)21-16(19)22(14)12-6-4-11(17)5-7-12/h2-9,14H,1H3,(H4,18,19,20,21)/t14-/m0/s1. The van der Waals surface area contributed by atoms with E-state index in [-0.39, 0.29) is 11.9 Å². The normalized spacial score (nSPS) is 17.5. The monoisotopic (exact) mass is 329 g/mol. The van der Waals surface area contributed by atoms with Crippen LogP contribution in [0.5, 0.6) is 5.75 Å². The summed E-state index contributed by atoms with van der Waals surface area (Å²) in [7, 11) is 1.62. The van der Waals surface area contributed by atoms with E-state index in [9.17, 15) is 0 Å². The van der Waals surface area contributed by atoms with Crippen LogP contribution >= 0.6 is 11.6 Å². The van der Waals surface area contributed by atoms with Crippen molar-refractivity contribution < 1.29 is 4.74 Å². The molecule has 0 spiro atoms. The van der Waals surface area contributed by atoms with Crippen LogP contribution in [0.1, 0.15) is 11.7 Å². The van der Waals surface area contributed by atoms with Gasteiger partial charge in [-0.15, -0.1) is 0 Å². The van der Waals surface area contributed by atoms with E-state index in [0.29, 0.717) is 5.02 Å². The Hall–Kier alpha value is -2.73. The molecule has 1 heterocycles. The Balaban J connectivity index is 2.03. The summed E-state index contributed by atoms with van der Waals surface area (Å²) in [6.45, 7) is 0. The Bertz CT molecular complexity index is 755. The molecule has 0 amide bonds. The van der Waals surface area contributed by atoms with Gasteiger partial charge in [0, 0.05) is 10.7 Å². The van der Waals surface area contributed by atoms with Crippen molar-refractivity contribution in [2.75, 3.05) is 12.0 Å². The first-order valence-electron chi connectivity index (χ1n) is 6.94. The van der Waals surface area contributed by atoms with E-state index in [1.54, 1.807) is 24.1 Å². The number of aliphatic imine (C=N–C) groups is 2. The van der Waals surface area contributed by atoms with E-state index in [4.69, 9.17) is 27.8 Å². The Kier molecular flexibility index (Phi) is 4.08. The molecule has 0 radical (unpaired) electrons. The fourth-order valence-electron chi connectivity index (χ4n) is 2.38. The predicted octanol–water partition coefficient (Wildman–Crippen LogP) is 2.50. The summed E-state index contributed by atoms with van der Waals surface area (Å²) in [6.07, 6.45) is -0.403. The minimum Gasteiger partial charge on any atom is -0.497 e. The van der Waals surface area contributed by atoms with Crippen molar-refractivity contribution in [3.63, 3.8) is 0 Å². The van der Waals surface area contributed by atoms with Crippen molar-refractivity contribution >= 4 is 29.2 Å². The number of nitrogens with two attached hydrogens (primary N) is 2. The van der Waals surface area contributed by atoms with Crippen molar-refractivity contribution in [3.05, 3.63) is 59.1 Å². The SMILES string of the molecule is COc1ccc([C@H]2N=C(N)N=C(N)N2c2ccc(Cl)cc2)cc1. The fourth-order valence-corrected chi connectivity index (χ4v) is 2.51. The Labute approximate surface area is 139 Å². The fraction of sp³-hybridized carbons (Fsp3) is 0.125. The van der Waals surface area contributed by atoms with E-state index >= 15 is 0 Å². The summed E-state index contributed by atoms with van der Waals surface area (Å²) in [5, 5.41) is 0.644. The third kappa shape index (κ3) is 3.07. The number of methoxy groups -OCH3 is 1. The maximum absolute atomic E-state index is 6.08. The Morgan fingerprint density at radius 1 is 1.04 bits per heavy atom. The number of rotatable bonds is 3. The molecule has 0 bridgehead atoms. The number of hydrogen-bond donors (Lipinski definition) is 2. The van der Waals surface area contributed by atoms with Crippen molar-refractivity contribution in [1.82, 2.24) is 0 Å². The van der Waals surface area contributed by atoms with Crippen molar-refractivity contribution in [1.29, 1.82) is 0 Å². The minimum atomic E-state index is -0.403. The second kappa shape index (κ2) is 6.18. The van der Waals surface area contributed by atoms with Crippen LogP contribution in [0.3, 0.4) is 0 Å². The van der Waals surface area contributed by atoms with Crippen LogP contribution in [0.4, 0.5) is 5.69 Å². The molecule has 1 aliphatic heterocycles. The van der Waals surface area contributed by atoms with Gasteiger partial charge in [0.1, 0.15) is 5.75 Å². The highest BCUT2D eigenvalue weighted by Crippen LogP contribution is 2.31. The number of halogens is 1. The summed E-state index contributed by atoms with van der Waals surface area (Å²) >= 11 is 5.96. The summed E-state index contributed by atoms with van der Waals surface area (Å²) < 4.78 is 5.19. The quantitative estimate of drug-likeness (QED) is 0.905. The van der Waals surface area contributed by atoms with Gasteiger partial charge in [0.2, 0.25) is 11.9 Å². The van der Waals surface area contributed by atoms with Crippen LogP contribution in [-0.4, -0.2) is 19.0 Å². The predicted molar refractivity (Wildman–Crippen MR) is 92.9 cm³/mol. The zero-order chi connectivity index (χ0) is 16.4. The highest BCUT2D eigenvalue weighted by molar-refractivity contribution is 6.30. The van der Waals surface area contributed by atoms with Crippen LogP contribution in [-0.2, 0) is 0 Å². The van der Waals surface area contributed by atoms with Gasteiger partial charge < -0.3 is 16.2 Å². The molecule has 3 rings (SSSR count). The van der Waals surface area contributed by atoms with Crippen molar-refractivity contribution in [3.8, 4) is 5.75 Å². The number of benzene rings is 2. The zero-order valence-electron chi connectivity index (χ0n) is 12.5. The van der Waals surface area contributed by atoms with Crippen molar-refractivity contribution in [2.24, 2.45) is 21.5 Å². The Morgan fingerprint density at radius 3 is 2.30 bits per heavy atom. The van der Waals surface area contributed by atoms with E-state index in [1.165, 1.54) is 0 Å². The average Bonchev–Trinajstić information content (AvgIpc) is 2.55. The summed E-state index contributed by atoms with van der Waals surface area (Å²) in [5.41, 5.74) is 13.6. The lowest BCUT2D eigenvalue weighted by Gasteiger charge is -2.32. The molecule has 0 aromatic heterocycles. The second-order valence-corrected chi connectivity index (χ2v) is 5.39. The molecule has 0 saturated heterocycles. The molecule has 2 aromatic carbocycles. The molecule has 118 valence electrons. The molecule has 0 aliphatic carbocycles. The molecular weight excluding hydrogens is 314 g/mol. The molecule has 2 aromatic rings. The lowest BCUT2D eigenvalue weighted by atomic mass is 10.1. The average molecular weight is 330 g/mol. The zero-order valence-corrected chi connectivity index (χ0v) is 13.2. The molecule has 4 N–H and O–H groups in total. The molecule has 1 atom stereocenters. The smallest absolute Gasteiger partial charge is 0.221 e. The van der Waals surface area contributed by atoms with Gasteiger partial charge in [0.05, 0.1) is 7.11 Å². The van der Waals surface area contributed by atoms with Gasteiger partial charge in [-0.05, 0) is 42.0 Å². The molecule has 1 aliphatic rings. The molecule has 0 fully saturated rings. The maximum atomic E-state index is 6.08. The molecule has 0 saturated carbocycles. The van der Waals surface area contributed by atoms with Crippen LogP contribution < -0.4 is 21.1 Å². The van der Waals surface area contributed by atoms with E-state index < -0.39 is 6.17 Å². The summed E-state index contributed by atoms with van der Waals surface area (Å²) in [6, 6.07) is 14.9. The second-order valence-electron chi connectivity index (χ2n) is 4.95. The van der Waals surface area contributed by atoms with Gasteiger partial charge in [-0.25, -0.2) is 4.99 Å². The van der Waals surface area contributed by atoms with Gasteiger partial charge in [-0.1, -0.05) is 23.7 Å². The van der Waals surface area contributed by atoms with Gasteiger partial charge >= 0.3 is 0 Å². The van der Waals surface area contributed by atoms with Crippen LogP contribution in [0.2, 0.25) is 5.02 Å². The van der Waals surface area contributed by atoms with Crippen LogP contribution in [0.25, 0.3) is 0 Å². The van der Waals surface area contributed by atoms with Gasteiger partial charge in [0.25, 0.3) is 0 Å². The highest BCUT2D eigenvalue weighted by atomic mass is 35.5. The van der Waals surface area contributed by atoms with Gasteiger partial charge in [-0.2, -0.15) is 4.99 Å². The number of guanidine groups is 2. The number of hydrogen-bond acceptors (Lipinski definition) is 6. The molecule has 6 nitrogen and oxygen atoms in total. The topological polar surface area (TPSA) is 89.2 Å². The lowest BCUT2D eigenvalue weighted by molar-refractivity contribution is 0.414. The van der Waals surface area contributed by atoms with E-state index in [2.05, 4.69) is 9.98 Å². The highest BCUT2D eigenvalue weighted by Gasteiger charge is 2.27. The van der Waals surface area contributed by atoms with E-state index in [0.717, 1.165) is 17.0 Å². The first-order chi connectivity index (χ1) is 11.1. The summed E-state index contributed by atoms with van der Waals surface area (Å²) in [4.78, 5) is 10.3. The van der Waals surface area contributed by atoms with Crippen molar-refractivity contribution in [2.45, 2.75) is 6.17 Å². The van der Waals surface area contributed by atoms with E-state index in [1.807, 2.05) is 36.4 Å². The third-order valence-corrected chi connectivity index (χ3v) is 3.75. The van der Waals surface area contributed by atoms with Gasteiger partial charge in [0.15, 0.2) is 6.17 Å². The number of ether oxygens (including phenoxy) is 1. The Morgan fingerprint density at radius 2 is 1.70 bits per heavy atom. The first kappa shape index (κ1) is 15.2. The first-order valence-corrected chi connectivity index (χ1v) is 7.32. The molecule has 23 heavy (non-hydrogen) atoms. The maximum Gasteiger partial charge on any atom is 0.221 e. The van der Waals surface area contributed by atoms with Gasteiger partial charge in [-0.3, -0.25) is 4.90 Å². The third-order valence-electron chi connectivity index (χ3n) is 3.49. The lowest BCUT2D eigenvalue weighted by Crippen LogP contribution is -2.44. The molecule has 0 unspecified atom stereocenters. The van der Waals surface area contributed by atoms with Crippen LogP contribution in [0.15, 0.2) is 58.5 Å².